The van der Waals surface area contributed by atoms with Crippen molar-refractivity contribution in [3.05, 3.63) is 58.3 Å². The van der Waals surface area contributed by atoms with Crippen LogP contribution in [0.25, 0.3) is 5.69 Å². The van der Waals surface area contributed by atoms with E-state index >= 15 is 0 Å². The molecular formula is C19H19N5O3S. The normalized spacial score (nSPS) is 19.5. The van der Waals surface area contributed by atoms with Gasteiger partial charge in [-0.25, -0.2) is 9.78 Å². The van der Waals surface area contributed by atoms with Crippen molar-refractivity contribution in [2.45, 2.75) is 31.7 Å². The molecule has 0 spiro atoms. The van der Waals surface area contributed by atoms with Gasteiger partial charge in [-0.3, -0.25) is 4.79 Å². The number of amides is 1. The van der Waals surface area contributed by atoms with Crippen LogP contribution in [0.1, 0.15) is 50.7 Å². The molecule has 2 atom stereocenters. The molecule has 8 nitrogen and oxygen atoms in total. The van der Waals surface area contributed by atoms with Crippen LogP contribution in [0.5, 0.6) is 0 Å². The van der Waals surface area contributed by atoms with Gasteiger partial charge in [0.05, 0.1) is 34.8 Å². The zero-order valence-electron chi connectivity index (χ0n) is 15.2. The number of carbonyl (C=O) groups excluding carboxylic acids is 1. The molecule has 1 saturated heterocycles. The number of rotatable bonds is 4. The Morgan fingerprint density at radius 3 is 2.64 bits per heavy atom. The summed E-state index contributed by atoms with van der Waals surface area (Å²) in [4.78, 5) is 32.3. The maximum Gasteiger partial charge on any atom is 0.347 e. The molecule has 1 amide bonds. The second-order valence-corrected chi connectivity index (χ2v) is 7.85. The van der Waals surface area contributed by atoms with Crippen LogP contribution in [-0.4, -0.2) is 54.4 Å². The molecule has 0 bridgehead atoms. The molecule has 1 aliphatic rings. The van der Waals surface area contributed by atoms with Crippen LogP contribution in [0.2, 0.25) is 0 Å². The number of hydrogen-bond donors (Lipinski definition) is 1. The lowest BCUT2D eigenvalue weighted by Crippen LogP contribution is -2.45. The number of likely N-dealkylation sites (tertiary alicyclic amines) is 1. The lowest BCUT2D eigenvalue weighted by atomic mass is 9.93. The third-order valence-electron chi connectivity index (χ3n) is 5.00. The van der Waals surface area contributed by atoms with Crippen LogP contribution in [0.3, 0.4) is 0 Å². The molecule has 9 heteroatoms. The van der Waals surface area contributed by atoms with E-state index < -0.39 is 5.97 Å². The molecule has 28 heavy (non-hydrogen) atoms. The molecule has 0 unspecified atom stereocenters. The summed E-state index contributed by atoms with van der Waals surface area (Å²) in [6, 6.07) is 7.36. The van der Waals surface area contributed by atoms with E-state index in [0.29, 0.717) is 17.8 Å². The average Bonchev–Trinajstić information content (AvgIpc) is 3.40. The van der Waals surface area contributed by atoms with E-state index in [-0.39, 0.29) is 22.7 Å². The Morgan fingerprint density at radius 2 is 1.93 bits per heavy atom. The number of aromatic nitrogens is 4. The molecule has 4 rings (SSSR count). The Balaban J connectivity index is 1.61. The highest BCUT2D eigenvalue weighted by molar-refractivity contribution is 7.13. The molecule has 1 aliphatic heterocycles. The zero-order valence-corrected chi connectivity index (χ0v) is 16.0. The highest BCUT2D eigenvalue weighted by atomic mass is 32.1. The maximum absolute atomic E-state index is 13.4. The van der Waals surface area contributed by atoms with Gasteiger partial charge < -0.3 is 10.0 Å². The predicted octanol–water partition coefficient (Wildman–Crippen LogP) is 2.83. The van der Waals surface area contributed by atoms with E-state index in [1.165, 1.54) is 22.3 Å². The van der Waals surface area contributed by atoms with E-state index in [1.807, 2.05) is 30.0 Å². The lowest BCUT2D eigenvalue weighted by molar-refractivity contribution is 0.0608. The molecule has 144 valence electrons. The molecule has 3 heterocycles. The first-order valence-electron chi connectivity index (χ1n) is 9.00. The van der Waals surface area contributed by atoms with Crippen LogP contribution >= 0.6 is 11.3 Å². The van der Waals surface area contributed by atoms with Crippen molar-refractivity contribution < 1.29 is 14.7 Å². The fourth-order valence-electron chi connectivity index (χ4n) is 3.49. The molecule has 2 aromatic heterocycles. The number of carbonyl (C=O) groups is 2. The summed E-state index contributed by atoms with van der Waals surface area (Å²) >= 11 is 1.19. The predicted molar refractivity (Wildman–Crippen MR) is 103 cm³/mol. The van der Waals surface area contributed by atoms with Gasteiger partial charge in [0.15, 0.2) is 0 Å². The van der Waals surface area contributed by atoms with Crippen LogP contribution in [-0.2, 0) is 0 Å². The first kappa shape index (κ1) is 18.3. The molecule has 1 aromatic carbocycles. The van der Waals surface area contributed by atoms with Gasteiger partial charge in [0.25, 0.3) is 5.91 Å². The summed E-state index contributed by atoms with van der Waals surface area (Å²) < 4.78 is 0. The van der Waals surface area contributed by atoms with Crippen molar-refractivity contribution in [2.24, 2.45) is 0 Å². The molecule has 1 fully saturated rings. The highest BCUT2D eigenvalue weighted by Crippen LogP contribution is 2.33. The van der Waals surface area contributed by atoms with Gasteiger partial charge in [-0.2, -0.15) is 15.0 Å². The van der Waals surface area contributed by atoms with Crippen molar-refractivity contribution >= 4 is 23.2 Å². The van der Waals surface area contributed by atoms with Gasteiger partial charge in [0.2, 0.25) is 0 Å². The number of piperidine rings is 1. The summed E-state index contributed by atoms with van der Waals surface area (Å²) in [5.41, 5.74) is 1.17. The largest absolute Gasteiger partial charge is 0.477 e. The monoisotopic (exact) mass is 397 g/mol. The van der Waals surface area contributed by atoms with E-state index in [9.17, 15) is 9.59 Å². The number of aromatic carboxylic acids is 1. The minimum absolute atomic E-state index is 0.0354. The first-order valence-corrected chi connectivity index (χ1v) is 9.82. The highest BCUT2D eigenvalue weighted by Gasteiger charge is 2.33. The lowest BCUT2D eigenvalue weighted by Gasteiger charge is -2.37. The van der Waals surface area contributed by atoms with Crippen molar-refractivity contribution in [1.82, 2.24) is 24.9 Å². The van der Waals surface area contributed by atoms with Crippen molar-refractivity contribution in [3.63, 3.8) is 0 Å². The molecule has 0 radical (unpaired) electrons. The number of nitrogens with zero attached hydrogens (tertiary/aromatic N) is 5. The molecule has 0 saturated carbocycles. The van der Waals surface area contributed by atoms with Crippen LogP contribution < -0.4 is 0 Å². The van der Waals surface area contributed by atoms with E-state index in [2.05, 4.69) is 15.2 Å². The fraction of sp³-hybridized carbons (Fsp3) is 0.316. The summed E-state index contributed by atoms with van der Waals surface area (Å²) in [6.45, 7) is 2.54. The van der Waals surface area contributed by atoms with Gasteiger partial charge in [0.1, 0.15) is 4.88 Å². The van der Waals surface area contributed by atoms with Crippen molar-refractivity contribution in [1.29, 1.82) is 0 Å². The minimum Gasteiger partial charge on any atom is -0.477 e. The summed E-state index contributed by atoms with van der Waals surface area (Å²) in [5.74, 6) is -1.02. The Kier molecular flexibility index (Phi) is 4.91. The summed E-state index contributed by atoms with van der Waals surface area (Å²) in [5, 5.41) is 18.2. The minimum atomic E-state index is -0.971. The molecule has 1 N–H and O–H groups in total. The van der Waals surface area contributed by atoms with Crippen molar-refractivity contribution in [3.8, 4) is 5.69 Å². The Bertz CT molecular complexity index is 1000. The van der Waals surface area contributed by atoms with Gasteiger partial charge in [-0.1, -0.05) is 12.1 Å². The van der Waals surface area contributed by atoms with Gasteiger partial charge >= 0.3 is 5.97 Å². The maximum atomic E-state index is 13.4. The van der Waals surface area contributed by atoms with E-state index in [0.717, 1.165) is 17.8 Å². The SMILES string of the molecule is C[C@@H]1CC[C@@H](c2ncc(C(=O)O)s2)CN1C(=O)c1ccccc1-n1nccn1. The third kappa shape index (κ3) is 3.40. The second-order valence-electron chi connectivity index (χ2n) is 6.78. The molecule has 3 aromatic rings. The summed E-state index contributed by atoms with van der Waals surface area (Å²) in [6.07, 6.45) is 6.25. The van der Waals surface area contributed by atoms with E-state index in [1.54, 1.807) is 18.5 Å². The van der Waals surface area contributed by atoms with Crippen LogP contribution in [0, 0.1) is 0 Å². The number of hydrogen-bond acceptors (Lipinski definition) is 6. The number of benzene rings is 1. The number of para-hydroxylation sites is 1. The Labute approximate surface area is 165 Å². The fourth-order valence-corrected chi connectivity index (χ4v) is 4.37. The third-order valence-corrected chi connectivity index (χ3v) is 6.14. The van der Waals surface area contributed by atoms with E-state index in [4.69, 9.17) is 5.11 Å². The standard InChI is InChI=1S/C19H19N5O3S/c1-12-6-7-13(17-20-10-16(28-17)19(26)27)11-23(12)18(25)14-4-2-3-5-15(14)24-21-8-9-22-24/h2-5,8-10,12-13H,6-7,11H2,1H3,(H,26,27)/t12-,13-/m1/s1. The first-order chi connectivity index (χ1) is 13.5. The van der Waals surface area contributed by atoms with Crippen LogP contribution in [0.4, 0.5) is 0 Å². The average molecular weight is 397 g/mol. The smallest absolute Gasteiger partial charge is 0.347 e. The van der Waals surface area contributed by atoms with Gasteiger partial charge in [-0.15, -0.1) is 11.3 Å². The number of carboxylic acids is 1. The van der Waals surface area contributed by atoms with Crippen molar-refractivity contribution in [2.75, 3.05) is 6.54 Å². The zero-order chi connectivity index (χ0) is 19.7. The topological polar surface area (TPSA) is 101 Å². The number of carboxylic acid groups (broad SMARTS) is 1. The van der Waals surface area contributed by atoms with Gasteiger partial charge in [-0.05, 0) is 31.9 Å². The van der Waals surface area contributed by atoms with Gasteiger partial charge in [0, 0.05) is 18.5 Å². The number of thiazole rings is 1. The quantitative estimate of drug-likeness (QED) is 0.726. The van der Waals surface area contributed by atoms with Crippen LogP contribution in [0.15, 0.2) is 42.9 Å². The Morgan fingerprint density at radius 1 is 1.18 bits per heavy atom. The summed E-state index contributed by atoms with van der Waals surface area (Å²) in [7, 11) is 0. The Hall–Kier alpha value is -3.07. The second kappa shape index (κ2) is 7.51. The molecular weight excluding hydrogens is 378 g/mol. The molecule has 0 aliphatic carbocycles.